The summed E-state index contributed by atoms with van der Waals surface area (Å²) in [6.45, 7) is 4.31. The number of phosphoric acid groups is 2. The molecule has 0 amide bonds. The second-order valence-electron chi connectivity index (χ2n) is 23.4. The first-order valence-corrected chi connectivity index (χ1v) is 39.1. The van der Waals surface area contributed by atoms with Gasteiger partial charge in [0.05, 0.1) is 32.8 Å². The van der Waals surface area contributed by atoms with Gasteiger partial charge in [0.25, 0.3) is 0 Å². The number of unbranched alkanes of at least 4 members (excludes halogenated alkanes) is 17. The average Bonchev–Trinajstić information content (AvgIpc) is 1.09. The van der Waals surface area contributed by atoms with E-state index in [4.69, 9.17) is 37.0 Å². The Morgan fingerprint density at radius 2 is 0.583 bits per heavy atom. The molecule has 0 heterocycles. The summed E-state index contributed by atoms with van der Waals surface area (Å²) in [6, 6.07) is 0. The molecular weight excluding hydrogens is 1260 g/mol. The van der Waals surface area contributed by atoms with Crippen molar-refractivity contribution in [2.75, 3.05) is 39.6 Å². The van der Waals surface area contributed by atoms with Crippen molar-refractivity contribution in [3.05, 3.63) is 146 Å². The van der Waals surface area contributed by atoms with Crippen molar-refractivity contribution in [3.63, 3.8) is 0 Å². The van der Waals surface area contributed by atoms with Crippen LogP contribution in [-0.2, 0) is 65.4 Å². The summed E-state index contributed by atoms with van der Waals surface area (Å²) in [7, 11) is -9.99. The molecule has 96 heavy (non-hydrogen) atoms. The van der Waals surface area contributed by atoms with Crippen molar-refractivity contribution >= 4 is 39.5 Å². The minimum atomic E-state index is -5.00. The third-order valence-electron chi connectivity index (χ3n) is 14.3. The van der Waals surface area contributed by atoms with Gasteiger partial charge in [0, 0.05) is 19.3 Å². The Hall–Kier alpha value is -5.06. The third-order valence-corrected chi connectivity index (χ3v) is 16.2. The number of carbonyl (C=O) groups excluding carboxylic acids is 4. The van der Waals surface area contributed by atoms with Gasteiger partial charge in [-0.05, 0) is 122 Å². The fourth-order valence-corrected chi connectivity index (χ4v) is 10.5. The zero-order valence-electron chi connectivity index (χ0n) is 59.2. The fourth-order valence-electron chi connectivity index (χ4n) is 8.94. The van der Waals surface area contributed by atoms with Crippen LogP contribution in [-0.4, -0.2) is 96.7 Å². The van der Waals surface area contributed by atoms with Gasteiger partial charge in [-0.25, -0.2) is 9.13 Å². The molecule has 0 radical (unpaired) electrons. The molecule has 0 saturated heterocycles. The maximum absolute atomic E-state index is 13.0. The van der Waals surface area contributed by atoms with Crippen LogP contribution in [0, 0.1) is 0 Å². The second-order valence-corrected chi connectivity index (χ2v) is 26.3. The molecule has 3 N–H and O–H groups in total. The Balaban J connectivity index is 5.45. The number of esters is 4. The number of hydrogen-bond acceptors (Lipinski definition) is 15. The lowest BCUT2D eigenvalue weighted by molar-refractivity contribution is -0.161. The van der Waals surface area contributed by atoms with E-state index in [0.29, 0.717) is 25.7 Å². The predicted molar refractivity (Wildman–Crippen MR) is 390 cm³/mol. The first-order chi connectivity index (χ1) is 46.7. The maximum Gasteiger partial charge on any atom is 0.472 e. The van der Waals surface area contributed by atoms with Crippen LogP contribution in [0.25, 0.3) is 0 Å². The van der Waals surface area contributed by atoms with Crippen LogP contribution in [0.4, 0.5) is 0 Å². The molecule has 0 bridgehead atoms. The van der Waals surface area contributed by atoms with Crippen molar-refractivity contribution in [3.8, 4) is 0 Å². The molecule has 5 unspecified atom stereocenters. The van der Waals surface area contributed by atoms with Crippen LogP contribution < -0.4 is 0 Å². The molecule has 0 aromatic carbocycles. The van der Waals surface area contributed by atoms with Gasteiger partial charge in [0.1, 0.15) is 19.3 Å². The van der Waals surface area contributed by atoms with Gasteiger partial charge in [-0.1, -0.05) is 257 Å². The molecule has 0 aliphatic heterocycles. The van der Waals surface area contributed by atoms with Gasteiger partial charge >= 0.3 is 39.5 Å². The Bertz CT molecular complexity index is 2400. The van der Waals surface area contributed by atoms with Gasteiger partial charge < -0.3 is 33.8 Å². The van der Waals surface area contributed by atoms with E-state index in [0.717, 1.165) is 141 Å². The summed E-state index contributed by atoms with van der Waals surface area (Å²) in [5.41, 5.74) is 0. The summed E-state index contributed by atoms with van der Waals surface area (Å²) in [4.78, 5) is 72.6. The van der Waals surface area contributed by atoms with Crippen molar-refractivity contribution in [1.29, 1.82) is 0 Å². The number of carbonyl (C=O) groups is 4. The highest BCUT2D eigenvalue weighted by Crippen LogP contribution is 2.45. The normalized spacial score (nSPS) is 14.9. The van der Waals surface area contributed by atoms with Crippen LogP contribution in [0.15, 0.2) is 146 Å². The standard InChI is InChI=1S/C77H126O17P2/c1-5-9-13-17-21-25-29-32-35-38-42-45-49-53-57-61-74(79)87-67-72(93-76(81)63-59-55-51-47-41-28-24-20-16-12-8-4)69-91-95(83,84)89-65-71(78)66-90-96(85,86)92-70-73(94-77(82)64-60-56-52-48-44-40-37-34-31-27-23-19-15-11-7-3)68-88-75(80)62-58-54-50-46-43-39-36-33-30-26-22-18-14-10-6-2/h9-11,13-15,21-23,25-27,32-37,42-43,45-46,54,58,71-73,78H,5-8,12,16-20,24,28-31,38-41,44,47-53,55-57,59-70H2,1-4H3,(H,83,84)(H,85,86)/b13-9-,14-10-,15-11-,25-21-,26-22-,27-23-,35-32-,36-33-,37-34-,45-42-,46-43-,58-54-. The zero-order valence-corrected chi connectivity index (χ0v) is 61.0. The molecule has 0 aromatic heterocycles. The second kappa shape index (κ2) is 68.5. The van der Waals surface area contributed by atoms with Gasteiger partial charge in [0.15, 0.2) is 12.2 Å². The summed E-state index contributed by atoms with van der Waals surface area (Å²) >= 11 is 0. The first kappa shape index (κ1) is 90.9. The smallest absolute Gasteiger partial charge is 0.462 e. The highest BCUT2D eigenvalue weighted by atomic mass is 31.2. The topological polar surface area (TPSA) is 237 Å². The molecule has 0 spiro atoms. The van der Waals surface area contributed by atoms with Crippen LogP contribution in [0.5, 0.6) is 0 Å². The van der Waals surface area contributed by atoms with Crippen LogP contribution in [0.3, 0.4) is 0 Å². The van der Waals surface area contributed by atoms with Crippen LogP contribution >= 0.6 is 15.6 Å². The van der Waals surface area contributed by atoms with E-state index >= 15 is 0 Å². The fraction of sp³-hybridized carbons (Fsp3) is 0.636. The maximum atomic E-state index is 13.0. The van der Waals surface area contributed by atoms with Gasteiger partial charge in [-0.2, -0.15) is 0 Å². The number of allylic oxidation sites excluding steroid dienone is 23. The van der Waals surface area contributed by atoms with E-state index < -0.39 is 97.5 Å². The van der Waals surface area contributed by atoms with Crippen molar-refractivity contribution in [2.45, 2.75) is 277 Å². The number of ether oxygens (including phenoxy) is 4. The van der Waals surface area contributed by atoms with Crippen LogP contribution in [0.1, 0.15) is 259 Å². The zero-order chi connectivity index (χ0) is 70.4. The minimum absolute atomic E-state index is 0.0510. The molecular formula is C77H126O17P2. The first-order valence-electron chi connectivity index (χ1n) is 36.1. The lowest BCUT2D eigenvalue weighted by Crippen LogP contribution is -2.30. The van der Waals surface area contributed by atoms with Gasteiger partial charge in [0.2, 0.25) is 0 Å². The van der Waals surface area contributed by atoms with Crippen molar-refractivity contribution in [2.24, 2.45) is 0 Å². The molecule has 546 valence electrons. The number of aliphatic hydroxyl groups is 1. The lowest BCUT2D eigenvalue weighted by atomic mass is 10.1. The molecule has 19 heteroatoms. The van der Waals surface area contributed by atoms with E-state index in [1.165, 1.54) is 38.5 Å². The summed E-state index contributed by atoms with van der Waals surface area (Å²) in [6.07, 6.45) is 76.1. The average molecular weight is 1390 g/mol. The van der Waals surface area contributed by atoms with E-state index in [1.54, 1.807) is 6.08 Å². The molecule has 0 saturated carbocycles. The molecule has 0 aliphatic carbocycles. The summed E-state index contributed by atoms with van der Waals surface area (Å²) < 4.78 is 68.1. The quantitative estimate of drug-likeness (QED) is 0.0169. The van der Waals surface area contributed by atoms with Gasteiger partial charge in [-0.15, -0.1) is 0 Å². The van der Waals surface area contributed by atoms with E-state index in [1.807, 2.05) is 18.2 Å². The summed E-state index contributed by atoms with van der Waals surface area (Å²) in [5, 5.41) is 10.6. The minimum Gasteiger partial charge on any atom is -0.462 e. The molecule has 0 rings (SSSR count). The monoisotopic (exact) mass is 1380 g/mol. The molecule has 0 fully saturated rings. The lowest BCUT2D eigenvalue weighted by Gasteiger charge is -2.21. The molecule has 0 aliphatic rings. The largest absolute Gasteiger partial charge is 0.472 e. The Morgan fingerprint density at radius 1 is 0.312 bits per heavy atom. The number of rotatable bonds is 66. The van der Waals surface area contributed by atoms with Crippen molar-refractivity contribution in [1.82, 2.24) is 0 Å². The Morgan fingerprint density at radius 3 is 0.948 bits per heavy atom. The SMILES string of the molecule is CC/C=C\C/C=C\C/C=C\C/C=C\C/C=C\CC(=O)OCC(COP(=O)(O)OCC(O)COP(=O)(O)OCC(COC(=O)CCCC/C=C\C/C=C\C/C=C\C/C=C\CC)OC(=O)CCCCCCCCCCCCC)OC(=O)CCCCCCC/C=C\C/C=C\C/C=C\CC. The van der Waals surface area contributed by atoms with Crippen molar-refractivity contribution < 1.29 is 80.2 Å². The van der Waals surface area contributed by atoms with E-state index in [-0.39, 0.29) is 25.7 Å². The Kier molecular flexibility index (Phi) is 64.9. The number of hydrogen-bond donors (Lipinski definition) is 3. The number of aliphatic hydroxyl groups excluding tert-OH is 1. The molecule has 0 aromatic rings. The highest BCUT2D eigenvalue weighted by molar-refractivity contribution is 7.47. The molecule has 5 atom stereocenters. The molecule has 17 nitrogen and oxygen atoms in total. The van der Waals surface area contributed by atoms with E-state index in [9.17, 15) is 43.2 Å². The van der Waals surface area contributed by atoms with Gasteiger partial charge in [-0.3, -0.25) is 37.3 Å². The van der Waals surface area contributed by atoms with Crippen LogP contribution in [0.2, 0.25) is 0 Å². The van der Waals surface area contributed by atoms with E-state index in [2.05, 4.69) is 149 Å². The third kappa shape index (κ3) is 67.5. The summed E-state index contributed by atoms with van der Waals surface area (Å²) in [5.74, 6) is -2.40. The Labute approximate surface area is 579 Å². The predicted octanol–water partition coefficient (Wildman–Crippen LogP) is 20.3. The number of phosphoric ester groups is 2. The highest BCUT2D eigenvalue weighted by Gasteiger charge is 2.30.